The van der Waals surface area contributed by atoms with E-state index in [2.05, 4.69) is 29.2 Å². The van der Waals surface area contributed by atoms with Gasteiger partial charge in [0.2, 0.25) is 0 Å². The van der Waals surface area contributed by atoms with Gasteiger partial charge in [0.05, 0.1) is 12.1 Å². The Morgan fingerprint density at radius 3 is 1.76 bits per heavy atom. The van der Waals surface area contributed by atoms with Gasteiger partial charge in [-0.2, -0.15) is 0 Å². The molecule has 0 aliphatic heterocycles. The fourth-order valence-corrected chi connectivity index (χ4v) is 3.07. The predicted molar refractivity (Wildman–Crippen MR) is 102 cm³/mol. The van der Waals surface area contributed by atoms with Gasteiger partial charge in [0, 0.05) is 19.0 Å². The van der Waals surface area contributed by atoms with E-state index in [1.165, 1.54) is 11.1 Å². The van der Waals surface area contributed by atoms with Gasteiger partial charge in [-0.25, -0.2) is 0 Å². The number of Topliss-reactive ketones (excluding diaryl/α,β-unsaturated/α-hetero) is 1. The van der Waals surface area contributed by atoms with Crippen molar-refractivity contribution >= 4 is 5.78 Å². The summed E-state index contributed by atoms with van der Waals surface area (Å²) in [6.07, 6.45) is 0.0158. The maximum Gasteiger partial charge on any atom is 0.155 e. The van der Waals surface area contributed by atoms with Gasteiger partial charge < -0.3 is 5.11 Å². The number of benzene rings is 2. The van der Waals surface area contributed by atoms with E-state index < -0.39 is 6.10 Å². The third kappa shape index (κ3) is 5.52. The molecule has 2 rings (SSSR count). The molecule has 0 radical (unpaired) electrons. The molecule has 0 amide bonds. The molecule has 0 spiro atoms. The summed E-state index contributed by atoms with van der Waals surface area (Å²) < 4.78 is 0. The topological polar surface area (TPSA) is 40.5 Å². The molecule has 0 aromatic heterocycles. The van der Waals surface area contributed by atoms with Crippen LogP contribution in [-0.2, 0) is 17.9 Å². The van der Waals surface area contributed by atoms with Crippen molar-refractivity contribution < 1.29 is 9.90 Å². The Balaban J connectivity index is 2.19. The minimum atomic E-state index is -0.578. The lowest BCUT2D eigenvalue weighted by Crippen LogP contribution is -2.43. The van der Waals surface area contributed by atoms with Gasteiger partial charge in [-0.3, -0.25) is 9.69 Å². The summed E-state index contributed by atoms with van der Waals surface area (Å²) in [6, 6.07) is 20.2. The van der Waals surface area contributed by atoms with Gasteiger partial charge in [0.25, 0.3) is 0 Å². The molecule has 3 heteroatoms. The van der Waals surface area contributed by atoms with Crippen molar-refractivity contribution in [1.82, 2.24) is 4.90 Å². The zero-order valence-electron chi connectivity index (χ0n) is 15.4. The average Bonchev–Trinajstić information content (AvgIpc) is 2.66. The summed E-state index contributed by atoms with van der Waals surface area (Å²) in [5.74, 6) is -0.254. The molecule has 25 heavy (non-hydrogen) atoms. The number of rotatable bonds is 9. The Morgan fingerprint density at radius 2 is 1.36 bits per heavy atom. The second kappa shape index (κ2) is 9.50. The highest BCUT2D eigenvalue weighted by Gasteiger charge is 2.29. The Labute approximate surface area is 151 Å². The second-order valence-electron chi connectivity index (χ2n) is 6.72. The van der Waals surface area contributed by atoms with Gasteiger partial charge in [-0.05, 0) is 24.5 Å². The molecule has 0 aliphatic rings. The van der Waals surface area contributed by atoms with Gasteiger partial charge >= 0.3 is 0 Å². The van der Waals surface area contributed by atoms with E-state index in [4.69, 9.17) is 0 Å². The number of carbonyl (C=O) groups excluding carboxylic acids is 1. The van der Waals surface area contributed by atoms with Crippen molar-refractivity contribution in [3.05, 3.63) is 71.8 Å². The molecule has 134 valence electrons. The van der Waals surface area contributed by atoms with Crippen LogP contribution < -0.4 is 0 Å². The standard InChI is InChI=1S/C22H29NO2/c1-4-21(24)17(2)22(25)18(3)23(15-19-11-7-5-8-12-19)16-20-13-9-6-10-14-20/h5-14,17-18,21,24H,4,15-16H2,1-3H3/t17-,18+,21+/m1/s1. The zero-order valence-corrected chi connectivity index (χ0v) is 15.4. The van der Waals surface area contributed by atoms with Crippen LogP contribution in [0.2, 0.25) is 0 Å². The Bertz CT molecular complexity index is 600. The summed E-state index contributed by atoms with van der Waals surface area (Å²) in [7, 11) is 0. The lowest BCUT2D eigenvalue weighted by molar-refractivity contribution is -0.131. The SMILES string of the molecule is CC[C@H](O)[C@@H](C)C(=O)[C@H](C)N(Cc1ccccc1)Cc1ccccc1. The predicted octanol–water partition coefficient (Wildman–Crippen LogP) is 4.05. The van der Waals surface area contributed by atoms with Gasteiger partial charge in [0.1, 0.15) is 0 Å². The van der Waals surface area contributed by atoms with Gasteiger partial charge in [-0.15, -0.1) is 0 Å². The van der Waals surface area contributed by atoms with E-state index in [1.54, 1.807) is 0 Å². The van der Waals surface area contributed by atoms with Crippen molar-refractivity contribution in [2.75, 3.05) is 0 Å². The van der Waals surface area contributed by atoms with Crippen molar-refractivity contribution in [3.63, 3.8) is 0 Å². The van der Waals surface area contributed by atoms with E-state index in [0.29, 0.717) is 19.5 Å². The first-order valence-corrected chi connectivity index (χ1v) is 9.06. The van der Waals surface area contributed by atoms with Crippen LogP contribution in [0.5, 0.6) is 0 Å². The zero-order chi connectivity index (χ0) is 18.2. The van der Waals surface area contributed by atoms with E-state index in [-0.39, 0.29) is 17.7 Å². The minimum absolute atomic E-state index is 0.0983. The first-order chi connectivity index (χ1) is 12.0. The number of nitrogens with zero attached hydrogens (tertiary/aromatic N) is 1. The maximum absolute atomic E-state index is 12.9. The van der Waals surface area contributed by atoms with E-state index >= 15 is 0 Å². The average molecular weight is 339 g/mol. The fraction of sp³-hybridized carbons (Fsp3) is 0.409. The summed E-state index contributed by atoms with van der Waals surface area (Å²) in [5, 5.41) is 10.1. The monoisotopic (exact) mass is 339 g/mol. The highest BCUT2D eigenvalue weighted by molar-refractivity contribution is 5.86. The molecule has 3 atom stereocenters. The van der Waals surface area contributed by atoms with Crippen LogP contribution in [0.15, 0.2) is 60.7 Å². The third-order valence-electron chi connectivity index (χ3n) is 4.86. The molecule has 0 saturated heterocycles. The highest BCUT2D eigenvalue weighted by atomic mass is 16.3. The number of carbonyl (C=O) groups is 1. The number of hydrogen-bond donors (Lipinski definition) is 1. The molecule has 0 saturated carbocycles. The third-order valence-corrected chi connectivity index (χ3v) is 4.86. The summed E-state index contributed by atoms with van der Waals surface area (Å²) >= 11 is 0. The van der Waals surface area contributed by atoms with E-state index in [1.807, 2.05) is 57.2 Å². The molecule has 2 aromatic carbocycles. The Hall–Kier alpha value is -1.97. The molecule has 0 fully saturated rings. The van der Waals surface area contributed by atoms with E-state index in [0.717, 1.165) is 0 Å². The Kier molecular flexibility index (Phi) is 7.35. The lowest BCUT2D eigenvalue weighted by atomic mass is 9.92. The van der Waals surface area contributed by atoms with Crippen LogP contribution in [0.3, 0.4) is 0 Å². The number of aliphatic hydroxyl groups excluding tert-OH is 1. The molecule has 0 heterocycles. The number of aliphatic hydroxyl groups is 1. The van der Waals surface area contributed by atoms with Gasteiger partial charge in [-0.1, -0.05) is 74.5 Å². The van der Waals surface area contributed by atoms with Crippen molar-refractivity contribution in [2.45, 2.75) is 52.4 Å². The van der Waals surface area contributed by atoms with Crippen molar-refractivity contribution in [3.8, 4) is 0 Å². The molecule has 1 N–H and O–H groups in total. The number of ketones is 1. The first kappa shape index (κ1) is 19.4. The second-order valence-corrected chi connectivity index (χ2v) is 6.72. The smallest absolute Gasteiger partial charge is 0.155 e. The summed E-state index contributed by atoms with van der Waals surface area (Å²) in [5.41, 5.74) is 2.36. The maximum atomic E-state index is 12.9. The molecule has 0 bridgehead atoms. The van der Waals surface area contributed by atoms with Crippen LogP contribution in [-0.4, -0.2) is 27.9 Å². The summed E-state index contributed by atoms with van der Waals surface area (Å²) in [6.45, 7) is 7.10. The van der Waals surface area contributed by atoms with E-state index in [9.17, 15) is 9.90 Å². The normalized spacial score (nSPS) is 14.9. The van der Waals surface area contributed by atoms with Crippen LogP contribution in [0.25, 0.3) is 0 Å². The summed E-state index contributed by atoms with van der Waals surface area (Å²) in [4.78, 5) is 15.0. The molecular weight excluding hydrogens is 310 g/mol. The van der Waals surface area contributed by atoms with Crippen LogP contribution >= 0.6 is 0 Å². The molecule has 2 aromatic rings. The molecule has 3 nitrogen and oxygen atoms in total. The fourth-order valence-electron chi connectivity index (χ4n) is 3.07. The van der Waals surface area contributed by atoms with Crippen LogP contribution in [0, 0.1) is 5.92 Å². The molecule has 0 aliphatic carbocycles. The number of hydrogen-bond acceptors (Lipinski definition) is 3. The Morgan fingerprint density at radius 1 is 0.920 bits per heavy atom. The quantitative estimate of drug-likeness (QED) is 0.749. The van der Waals surface area contributed by atoms with Crippen molar-refractivity contribution in [2.24, 2.45) is 5.92 Å². The minimum Gasteiger partial charge on any atom is -0.392 e. The van der Waals surface area contributed by atoms with Gasteiger partial charge in [0.15, 0.2) is 5.78 Å². The largest absolute Gasteiger partial charge is 0.392 e. The van der Waals surface area contributed by atoms with Crippen LogP contribution in [0.1, 0.15) is 38.3 Å². The van der Waals surface area contributed by atoms with Crippen molar-refractivity contribution in [1.29, 1.82) is 0 Å². The molecular formula is C22H29NO2. The highest BCUT2D eigenvalue weighted by Crippen LogP contribution is 2.18. The van der Waals surface area contributed by atoms with Crippen LogP contribution in [0.4, 0.5) is 0 Å². The molecule has 0 unspecified atom stereocenters. The first-order valence-electron chi connectivity index (χ1n) is 9.06. The lowest BCUT2D eigenvalue weighted by Gasteiger charge is -2.31.